The highest BCUT2D eigenvalue weighted by Crippen LogP contribution is 2.24. The number of benzene rings is 1. The molecule has 2 N–H and O–H groups in total. The maximum Gasteiger partial charge on any atom is 0.143 e. The first-order valence-electron chi connectivity index (χ1n) is 3.93. The van der Waals surface area contributed by atoms with Crippen LogP contribution < -0.4 is 5.73 Å². The molecule has 0 heterocycles. The SMILES string of the molecule is CO/N=C(\N)Cc1c(Cl)cccc1Cl. The summed E-state index contributed by atoms with van der Waals surface area (Å²) in [6, 6.07) is 5.28. The van der Waals surface area contributed by atoms with Gasteiger partial charge >= 0.3 is 0 Å². The van der Waals surface area contributed by atoms with Crippen LogP contribution in [0.2, 0.25) is 10.0 Å². The van der Waals surface area contributed by atoms with E-state index >= 15 is 0 Å². The van der Waals surface area contributed by atoms with Crippen molar-refractivity contribution in [3.63, 3.8) is 0 Å². The number of nitrogens with zero attached hydrogens (tertiary/aromatic N) is 1. The van der Waals surface area contributed by atoms with Gasteiger partial charge in [0.2, 0.25) is 0 Å². The second kappa shape index (κ2) is 5.08. The third-order valence-corrected chi connectivity index (χ3v) is 2.34. The highest BCUT2D eigenvalue weighted by molar-refractivity contribution is 6.36. The molecule has 0 aliphatic heterocycles. The lowest BCUT2D eigenvalue weighted by molar-refractivity contribution is 0.212. The van der Waals surface area contributed by atoms with E-state index < -0.39 is 0 Å². The summed E-state index contributed by atoms with van der Waals surface area (Å²) in [5.41, 5.74) is 6.32. The Morgan fingerprint density at radius 1 is 1.43 bits per heavy atom. The molecule has 0 aliphatic rings. The van der Waals surface area contributed by atoms with Crippen molar-refractivity contribution in [3.05, 3.63) is 33.8 Å². The Balaban J connectivity index is 2.91. The van der Waals surface area contributed by atoms with Crippen LogP contribution in [0.1, 0.15) is 5.56 Å². The summed E-state index contributed by atoms with van der Waals surface area (Å²) in [7, 11) is 1.43. The van der Waals surface area contributed by atoms with Gasteiger partial charge in [0.1, 0.15) is 12.9 Å². The van der Waals surface area contributed by atoms with Gasteiger partial charge in [-0.15, -0.1) is 0 Å². The van der Waals surface area contributed by atoms with Crippen LogP contribution in [0.5, 0.6) is 0 Å². The van der Waals surface area contributed by atoms with Crippen molar-refractivity contribution in [1.29, 1.82) is 0 Å². The Bertz CT molecular complexity index is 332. The number of hydrogen-bond donors (Lipinski definition) is 1. The fourth-order valence-electron chi connectivity index (χ4n) is 1.03. The van der Waals surface area contributed by atoms with Crippen molar-refractivity contribution < 1.29 is 4.84 Å². The molecule has 0 amide bonds. The van der Waals surface area contributed by atoms with Gasteiger partial charge in [-0.2, -0.15) is 0 Å². The highest BCUT2D eigenvalue weighted by Gasteiger charge is 2.07. The van der Waals surface area contributed by atoms with Gasteiger partial charge < -0.3 is 10.6 Å². The second-order valence-corrected chi connectivity index (χ2v) is 3.46. The predicted octanol–water partition coefficient (Wildman–Crippen LogP) is 2.45. The maximum atomic E-state index is 5.94. The quantitative estimate of drug-likeness (QED) is 0.495. The molecule has 0 bridgehead atoms. The van der Waals surface area contributed by atoms with E-state index in [1.54, 1.807) is 18.2 Å². The highest BCUT2D eigenvalue weighted by atomic mass is 35.5. The molecule has 5 heteroatoms. The zero-order valence-electron chi connectivity index (χ0n) is 7.63. The Labute approximate surface area is 92.4 Å². The molecular formula is C9H10Cl2N2O. The van der Waals surface area contributed by atoms with Crippen molar-refractivity contribution in [3.8, 4) is 0 Å². The summed E-state index contributed by atoms with van der Waals surface area (Å²) in [5.74, 6) is 0.336. The molecule has 0 atom stereocenters. The Morgan fingerprint density at radius 2 is 2.00 bits per heavy atom. The van der Waals surface area contributed by atoms with Gasteiger partial charge in [-0.25, -0.2) is 0 Å². The fourth-order valence-corrected chi connectivity index (χ4v) is 1.56. The molecule has 0 saturated carbocycles. The molecule has 0 aliphatic carbocycles. The third kappa shape index (κ3) is 2.79. The van der Waals surface area contributed by atoms with Crippen LogP contribution in [0.25, 0.3) is 0 Å². The monoisotopic (exact) mass is 232 g/mol. The summed E-state index contributed by atoms with van der Waals surface area (Å²) in [6.45, 7) is 0. The van der Waals surface area contributed by atoms with Crippen LogP contribution >= 0.6 is 23.2 Å². The van der Waals surface area contributed by atoms with E-state index in [9.17, 15) is 0 Å². The van der Waals surface area contributed by atoms with Crippen molar-refractivity contribution in [2.45, 2.75) is 6.42 Å². The normalized spacial score (nSPS) is 11.5. The molecule has 0 saturated heterocycles. The van der Waals surface area contributed by atoms with Gasteiger partial charge in [-0.3, -0.25) is 0 Å². The van der Waals surface area contributed by atoms with E-state index in [0.29, 0.717) is 22.3 Å². The number of hydrogen-bond acceptors (Lipinski definition) is 2. The molecule has 3 nitrogen and oxygen atoms in total. The minimum absolute atomic E-state index is 0.336. The van der Waals surface area contributed by atoms with E-state index in [1.807, 2.05) is 0 Å². The van der Waals surface area contributed by atoms with Gasteiger partial charge in [0, 0.05) is 16.5 Å². The zero-order valence-corrected chi connectivity index (χ0v) is 9.14. The minimum Gasteiger partial charge on any atom is -0.398 e. The molecular weight excluding hydrogens is 223 g/mol. The third-order valence-electron chi connectivity index (χ3n) is 1.63. The van der Waals surface area contributed by atoms with Crippen molar-refractivity contribution >= 4 is 29.0 Å². The number of oxime groups is 1. The van der Waals surface area contributed by atoms with Crippen molar-refractivity contribution in [1.82, 2.24) is 0 Å². The van der Waals surface area contributed by atoms with Crippen LogP contribution in [0, 0.1) is 0 Å². The molecule has 1 aromatic carbocycles. The van der Waals surface area contributed by atoms with Crippen molar-refractivity contribution in [2.75, 3.05) is 7.11 Å². The lowest BCUT2D eigenvalue weighted by Gasteiger charge is -2.05. The molecule has 0 radical (unpaired) electrons. The summed E-state index contributed by atoms with van der Waals surface area (Å²) in [5, 5.41) is 4.73. The van der Waals surface area contributed by atoms with E-state index in [4.69, 9.17) is 28.9 Å². The minimum atomic E-state index is 0.336. The van der Waals surface area contributed by atoms with E-state index in [1.165, 1.54) is 7.11 Å². The smallest absolute Gasteiger partial charge is 0.143 e. The lowest BCUT2D eigenvalue weighted by atomic mass is 10.1. The van der Waals surface area contributed by atoms with Crippen LogP contribution in [0.3, 0.4) is 0 Å². The largest absolute Gasteiger partial charge is 0.398 e. The van der Waals surface area contributed by atoms with Crippen LogP contribution in [-0.2, 0) is 11.3 Å². The molecule has 1 aromatic rings. The topological polar surface area (TPSA) is 47.6 Å². The van der Waals surface area contributed by atoms with Gasteiger partial charge in [-0.1, -0.05) is 34.4 Å². The number of nitrogens with two attached hydrogens (primary N) is 1. The number of halogens is 2. The van der Waals surface area contributed by atoms with Crippen LogP contribution in [0.15, 0.2) is 23.4 Å². The van der Waals surface area contributed by atoms with Crippen LogP contribution in [0.4, 0.5) is 0 Å². The molecule has 1 rings (SSSR count). The summed E-state index contributed by atoms with van der Waals surface area (Å²) in [6.07, 6.45) is 0.381. The van der Waals surface area contributed by atoms with Gasteiger partial charge in [-0.05, 0) is 17.7 Å². The van der Waals surface area contributed by atoms with E-state index in [2.05, 4.69) is 9.99 Å². The zero-order chi connectivity index (χ0) is 10.6. The van der Waals surface area contributed by atoms with Gasteiger partial charge in [0.25, 0.3) is 0 Å². The average molecular weight is 233 g/mol. The first-order valence-corrected chi connectivity index (χ1v) is 4.69. The molecule has 0 unspecified atom stereocenters. The lowest BCUT2D eigenvalue weighted by Crippen LogP contribution is -2.15. The molecule has 0 aromatic heterocycles. The fraction of sp³-hybridized carbons (Fsp3) is 0.222. The molecule has 76 valence electrons. The van der Waals surface area contributed by atoms with E-state index in [-0.39, 0.29) is 0 Å². The Hall–Kier alpha value is -0.930. The summed E-state index contributed by atoms with van der Waals surface area (Å²) in [4.78, 5) is 4.53. The van der Waals surface area contributed by atoms with Gasteiger partial charge in [0.05, 0.1) is 0 Å². The second-order valence-electron chi connectivity index (χ2n) is 2.64. The number of rotatable bonds is 3. The average Bonchev–Trinajstić information content (AvgIpc) is 2.12. The molecule has 0 fully saturated rings. The van der Waals surface area contributed by atoms with Crippen molar-refractivity contribution in [2.24, 2.45) is 10.9 Å². The molecule has 0 spiro atoms. The standard InChI is InChI=1S/C9H10Cl2N2O/c1-14-13-9(12)5-6-7(10)3-2-4-8(6)11/h2-4H,5H2,1H3,(H2,12,13). The predicted molar refractivity (Wildman–Crippen MR) is 58.8 cm³/mol. The number of amidine groups is 1. The first-order chi connectivity index (χ1) is 6.65. The van der Waals surface area contributed by atoms with E-state index in [0.717, 1.165) is 5.56 Å². The summed E-state index contributed by atoms with van der Waals surface area (Å²) < 4.78 is 0. The Morgan fingerprint density at radius 3 is 2.50 bits per heavy atom. The Kier molecular flexibility index (Phi) is 4.04. The summed E-state index contributed by atoms with van der Waals surface area (Å²) >= 11 is 11.9. The van der Waals surface area contributed by atoms with Crippen LogP contribution in [-0.4, -0.2) is 12.9 Å². The molecule has 14 heavy (non-hydrogen) atoms. The van der Waals surface area contributed by atoms with Gasteiger partial charge in [0.15, 0.2) is 0 Å². The first kappa shape index (κ1) is 11.1. The maximum absolute atomic E-state index is 5.94.